The predicted molar refractivity (Wildman–Crippen MR) is 123 cm³/mol. The second-order valence-corrected chi connectivity index (χ2v) is 7.74. The first-order chi connectivity index (χ1) is 14.2. The largest absolute Gasteiger partial charge is 0.359 e. The van der Waals surface area contributed by atoms with Crippen LogP contribution in [0.1, 0.15) is 22.7 Å². The van der Waals surface area contributed by atoms with E-state index in [-0.39, 0.29) is 6.04 Å². The van der Waals surface area contributed by atoms with Crippen LogP contribution in [0.3, 0.4) is 0 Å². The Bertz CT molecular complexity index is 973. The lowest BCUT2D eigenvalue weighted by Gasteiger charge is -2.38. The molecule has 0 spiro atoms. The van der Waals surface area contributed by atoms with E-state index < -0.39 is 0 Å². The van der Waals surface area contributed by atoms with Gasteiger partial charge in [-0.3, -0.25) is 0 Å². The summed E-state index contributed by atoms with van der Waals surface area (Å²) in [7, 11) is 4.28. The van der Waals surface area contributed by atoms with E-state index in [2.05, 4.69) is 127 Å². The quantitative estimate of drug-likeness (QED) is 0.539. The van der Waals surface area contributed by atoms with Gasteiger partial charge in [0.2, 0.25) is 0 Å². The number of allylic oxidation sites excluding steroid dienone is 2. The molecule has 4 rings (SSSR count). The number of hydrogen-bond acceptors (Lipinski definition) is 2. The van der Waals surface area contributed by atoms with Crippen molar-refractivity contribution >= 4 is 11.3 Å². The molecule has 1 heterocycles. The molecule has 0 saturated heterocycles. The SMILES string of the molecule is CN(C)CCN1C(c2ccccc2)=CC(c2ccccc2)=CC1c1ccccc1. The molecule has 2 heteroatoms. The maximum absolute atomic E-state index is 2.54. The van der Waals surface area contributed by atoms with E-state index in [1.165, 1.54) is 28.0 Å². The highest BCUT2D eigenvalue weighted by molar-refractivity contribution is 5.86. The number of benzene rings is 3. The van der Waals surface area contributed by atoms with Crippen LogP contribution in [0.5, 0.6) is 0 Å². The van der Waals surface area contributed by atoms with Gasteiger partial charge >= 0.3 is 0 Å². The number of rotatable bonds is 6. The summed E-state index contributed by atoms with van der Waals surface area (Å²) < 4.78 is 0. The monoisotopic (exact) mass is 380 g/mol. The summed E-state index contributed by atoms with van der Waals surface area (Å²) in [5, 5.41) is 0. The number of hydrogen-bond donors (Lipinski definition) is 0. The summed E-state index contributed by atoms with van der Waals surface area (Å²) in [6.07, 6.45) is 4.76. The molecule has 29 heavy (non-hydrogen) atoms. The topological polar surface area (TPSA) is 6.48 Å². The highest BCUT2D eigenvalue weighted by atomic mass is 15.2. The van der Waals surface area contributed by atoms with E-state index in [4.69, 9.17) is 0 Å². The molecule has 0 radical (unpaired) electrons. The second kappa shape index (κ2) is 8.93. The highest BCUT2D eigenvalue weighted by Gasteiger charge is 2.26. The fourth-order valence-corrected chi connectivity index (χ4v) is 3.85. The van der Waals surface area contributed by atoms with Crippen molar-refractivity contribution in [2.75, 3.05) is 27.2 Å². The van der Waals surface area contributed by atoms with Crippen molar-refractivity contribution < 1.29 is 0 Å². The molecule has 0 fully saturated rings. The van der Waals surface area contributed by atoms with Crippen LogP contribution in [0, 0.1) is 0 Å². The van der Waals surface area contributed by atoms with Gasteiger partial charge in [-0.25, -0.2) is 0 Å². The average molecular weight is 381 g/mol. The summed E-state index contributed by atoms with van der Waals surface area (Å²) in [5.41, 5.74) is 6.39. The fraction of sp³-hybridized carbons (Fsp3) is 0.185. The zero-order chi connectivity index (χ0) is 20.1. The first-order valence-electron chi connectivity index (χ1n) is 10.2. The molecule has 0 bridgehead atoms. The van der Waals surface area contributed by atoms with E-state index in [9.17, 15) is 0 Å². The molecule has 1 aliphatic rings. The minimum atomic E-state index is 0.201. The minimum absolute atomic E-state index is 0.201. The van der Waals surface area contributed by atoms with Crippen LogP contribution >= 0.6 is 0 Å². The third kappa shape index (κ3) is 4.49. The summed E-state index contributed by atoms with van der Waals surface area (Å²) in [4.78, 5) is 4.79. The maximum atomic E-state index is 2.54. The van der Waals surface area contributed by atoms with Gasteiger partial charge in [0.1, 0.15) is 0 Å². The Kier molecular flexibility index (Phi) is 5.92. The third-order valence-corrected chi connectivity index (χ3v) is 5.38. The van der Waals surface area contributed by atoms with Crippen molar-refractivity contribution in [3.63, 3.8) is 0 Å². The molecule has 1 aliphatic heterocycles. The Morgan fingerprint density at radius 1 is 0.724 bits per heavy atom. The van der Waals surface area contributed by atoms with Crippen molar-refractivity contribution in [3.8, 4) is 0 Å². The molecule has 0 N–H and O–H groups in total. The van der Waals surface area contributed by atoms with Crippen molar-refractivity contribution in [1.82, 2.24) is 9.80 Å². The maximum Gasteiger partial charge on any atom is 0.0736 e. The smallest absolute Gasteiger partial charge is 0.0736 e. The van der Waals surface area contributed by atoms with Gasteiger partial charge in [-0.2, -0.15) is 0 Å². The molecule has 1 atom stereocenters. The van der Waals surface area contributed by atoms with Crippen LogP contribution in [0.4, 0.5) is 0 Å². The second-order valence-electron chi connectivity index (χ2n) is 7.74. The molecule has 0 aliphatic carbocycles. The zero-order valence-corrected chi connectivity index (χ0v) is 17.2. The Morgan fingerprint density at radius 3 is 1.86 bits per heavy atom. The minimum Gasteiger partial charge on any atom is -0.359 e. The van der Waals surface area contributed by atoms with E-state index in [0.717, 1.165) is 13.1 Å². The van der Waals surface area contributed by atoms with Gasteiger partial charge < -0.3 is 9.80 Å². The van der Waals surface area contributed by atoms with Crippen LogP contribution < -0.4 is 0 Å². The van der Waals surface area contributed by atoms with Crippen LogP contribution in [-0.4, -0.2) is 37.0 Å². The average Bonchev–Trinajstić information content (AvgIpc) is 2.79. The van der Waals surface area contributed by atoms with Crippen molar-refractivity contribution in [2.24, 2.45) is 0 Å². The van der Waals surface area contributed by atoms with Gasteiger partial charge in [-0.15, -0.1) is 0 Å². The lowest BCUT2D eigenvalue weighted by molar-refractivity contribution is 0.288. The Balaban J connectivity index is 1.84. The molecule has 2 nitrogen and oxygen atoms in total. The zero-order valence-electron chi connectivity index (χ0n) is 17.2. The predicted octanol–water partition coefficient (Wildman–Crippen LogP) is 5.73. The van der Waals surface area contributed by atoms with Crippen LogP contribution in [0.2, 0.25) is 0 Å². The third-order valence-electron chi connectivity index (χ3n) is 5.38. The first-order valence-corrected chi connectivity index (χ1v) is 10.2. The normalized spacial score (nSPS) is 16.5. The molecule has 146 valence electrons. The molecule has 0 amide bonds. The molecule has 1 unspecified atom stereocenters. The Morgan fingerprint density at radius 2 is 1.28 bits per heavy atom. The van der Waals surface area contributed by atoms with Gasteiger partial charge in [0, 0.05) is 18.8 Å². The molecular formula is C27H28N2. The fourth-order valence-electron chi connectivity index (χ4n) is 3.85. The van der Waals surface area contributed by atoms with Gasteiger partial charge in [0.25, 0.3) is 0 Å². The van der Waals surface area contributed by atoms with E-state index >= 15 is 0 Å². The Hall–Kier alpha value is -3.10. The summed E-state index contributed by atoms with van der Waals surface area (Å²) in [6, 6.07) is 32.5. The number of likely N-dealkylation sites (N-methyl/N-ethyl adjacent to an activating group) is 1. The van der Waals surface area contributed by atoms with Gasteiger partial charge in [-0.1, -0.05) is 91.0 Å². The van der Waals surface area contributed by atoms with Gasteiger partial charge in [0.05, 0.1) is 6.04 Å². The molecule has 0 saturated carbocycles. The summed E-state index contributed by atoms with van der Waals surface area (Å²) in [6.45, 7) is 1.97. The molecule has 3 aromatic rings. The Labute approximate surface area is 174 Å². The standard InChI is InChI=1S/C27H28N2/c1-28(2)18-19-29-26(23-14-8-4-9-15-23)20-25(22-12-6-3-7-13-22)21-27(29)24-16-10-5-11-17-24/h3-17,20-21,26H,18-19H2,1-2H3. The summed E-state index contributed by atoms with van der Waals surface area (Å²) >= 11 is 0. The molecule has 3 aromatic carbocycles. The van der Waals surface area contributed by atoms with E-state index in [0.29, 0.717) is 0 Å². The van der Waals surface area contributed by atoms with Crippen LogP contribution in [-0.2, 0) is 0 Å². The lowest BCUT2D eigenvalue weighted by Crippen LogP contribution is -2.34. The molecule has 0 aromatic heterocycles. The van der Waals surface area contributed by atoms with Crippen LogP contribution in [0.15, 0.2) is 103 Å². The molecular weight excluding hydrogens is 352 g/mol. The van der Waals surface area contributed by atoms with Crippen molar-refractivity contribution in [3.05, 3.63) is 120 Å². The van der Waals surface area contributed by atoms with Gasteiger partial charge in [0.15, 0.2) is 0 Å². The van der Waals surface area contributed by atoms with E-state index in [1.807, 2.05) is 0 Å². The highest BCUT2D eigenvalue weighted by Crippen LogP contribution is 2.39. The van der Waals surface area contributed by atoms with Crippen molar-refractivity contribution in [2.45, 2.75) is 6.04 Å². The van der Waals surface area contributed by atoms with Crippen LogP contribution in [0.25, 0.3) is 11.3 Å². The van der Waals surface area contributed by atoms with E-state index in [1.54, 1.807) is 0 Å². The number of nitrogens with zero attached hydrogens (tertiary/aromatic N) is 2. The first kappa shape index (κ1) is 19.2. The summed E-state index contributed by atoms with van der Waals surface area (Å²) in [5.74, 6) is 0. The van der Waals surface area contributed by atoms with Gasteiger partial charge in [-0.05, 0) is 48.5 Å². The van der Waals surface area contributed by atoms with Crippen molar-refractivity contribution in [1.29, 1.82) is 0 Å². The lowest BCUT2D eigenvalue weighted by atomic mass is 9.91.